The average Bonchev–Trinajstić information content (AvgIpc) is 2.72. The second kappa shape index (κ2) is 11.4. The summed E-state index contributed by atoms with van der Waals surface area (Å²) in [5.74, 6) is 21.1. The van der Waals surface area contributed by atoms with Gasteiger partial charge in [0.2, 0.25) is 0 Å². The predicted molar refractivity (Wildman–Crippen MR) is 116 cm³/mol. The Morgan fingerprint density at radius 2 is 1.54 bits per heavy atom. The lowest BCUT2D eigenvalue weighted by atomic mass is 9.95. The van der Waals surface area contributed by atoms with E-state index in [9.17, 15) is 0 Å². The second-order valence-corrected chi connectivity index (χ2v) is 5.99. The number of rotatable bonds is 4. The van der Waals surface area contributed by atoms with Crippen molar-refractivity contribution >= 4 is 23.2 Å². The third-order valence-electron chi connectivity index (χ3n) is 3.66. The van der Waals surface area contributed by atoms with E-state index < -0.39 is 0 Å². The number of hydrogen-bond acceptors (Lipinski definition) is 1. The SMILES string of the molecule is C#CC#CC#CC#CC#COc1cccc(-c2cc(CCl)c(C)cc2CCl)c1. The van der Waals surface area contributed by atoms with E-state index in [4.69, 9.17) is 34.4 Å². The van der Waals surface area contributed by atoms with Crippen LogP contribution in [0.25, 0.3) is 11.1 Å². The molecule has 2 rings (SSSR count). The Morgan fingerprint density at radius 1 is 0.857 bits per heavy atom. The summed E-state index contributed by atoms with van der Waals surface area (Å²) in [7, 11) is 0. The van der Waals surface area contributed by atoms with Crippen molar-refractivity contribution in [3.8, 4) is 76.8 Å². The molecule has 0 aliphatic rings. The van der Waals surface area contributed by atoms with Gasteiger partial charge in [-0.3, -0.25) is 0 Å². The highest BCUT2D eigenvalue weighted by molar-refractivity contribution is 6.18. The van der Waals surface area contributed by atoms with Gasteiger partial charge >= 0.3 is 0 Å². The fourth-order valence-corrected chi connectivity index (χ4v) is 2.87. The van der Waals surface area contributed by atoms with Gasteiger partial charge in [-0.1, -0.05) is 18.2 Å². The van der Waals surface area contributed by atoms with E-state index in [-0.39, 0.29) is 0 Å². The molecular formula is C25H14Cl2O. The summed E-state index contributed by atoms with van der Waals surface area (Å²) in [6.07, 6.45) is 7.51. The first kappa shape index (κ1) is 20.9. The summed E-state index contributed by atoms with van der Waals surface area (Å²) in [5.41, 5.74) is 5.23. The number of ether oxygens (including phenoxy) is 1. The molecule has 0 aromatic heterocycles. The molecule has 0 aliphatic heterocycles. The molecule has 1 nitrogen and oxygen atoms in total. The molecule has 0 atom stereocenters. The lowest BCUT2D eigenvalue weighted by Crippen LogP contribution is -1.94. The fourth-order valence-electron chi connectivity index (χ4n) is 2.37. The first-order valence-electron chi connectivity index (χ1n) is 8.16. The quantitative estimate of drug-likeness (QED) is 0.510. The van der Waals surface area contributed by atoms with Gasteiger partial charge in [0.05, 0.1) is 0 Å². The molecule has 0 spiro atoms. The largest absolute Gasteiger partial charge is 0.407 e. The molecular weight excluding hydrogens is 387 g/mol. The van der Waals surface area contributed by atoms with E-state index in [0.29, 0.717) is 17.5 Å². The molecule has 0 bridgehead atoms. The smallest absolute Gasteiger partial charge is 0.140 e. The Bertz CT molecular complexity index is 1150. The van der Waals surface area contributed by atoms with Crippen LogP contribution in [0.3, 0.4) is 0 Å². The number of terminal acetylenes is 1. The van der Waals surface area contributed by atoms with Crippen LogP contribution in [0.4, 0.5) is 0 Å². The molecule has 2 aromatic carbocycles. The lowest BCUT2D eigenvalue weighted by molar-refractivity contribution is 0.520. The zero-order valence-electron chi connectivity index (χ0n) is 15.1. The van der Waals surface area contributed by atoms with Crippen molar-refractivity contribution in [1.82, 2.24) is 0 Å². The third-order valence-corrected chi connectivity index (χ3v) is 4.24. The molecule has 0 unspecified atom stereocenters. The molecule has 3 heteroatoms. The summed E-state index contributed by atoms with van der Waals surface area (Å²) in [6, 6.07) is 11.7. The van der Waals surface area contributed by atoms with Crippen LogP contribution in [0, 0.1) is 66.8 Å². The zero-order valence-corrected chi connectivity index (χ0v) is 16.6. The topological polar surface area (TPSA) is 9.23 Å². The van der Waals surface area contributed by atoms with Gasteiger partial charge in [0, 0.05) is 35.4 Å². The highest BCUT2D eigenvalue weighted by atomic mass is 35.5. The van der Waals surface area contributed by atoms with Crippen molar-refractivity contribution in [2.75, 3.05) is 0 Å². The average molecular weight is 401 g/mol. The van der Waals surface area contributed by atoms with E-state index in [0.717, 1.165) is 27.8 Å². The van der Waals surface area contributed by atoms with E-state index in [1.807, 2.05) is 31.2 Å². The van der Waals surface area contributed by atoms with Crippen molar-refractivity contribution in [1.29, 1.82) is 0 Å². The third kappa shape index (κ3) is 6.10. The van der Waals surface area contributed by atoms with Crippen molar-refractivity contribution in [2.45, 2.75) is 18.7 Å². The molecule has 0 radical (unpaired) electrons. The summed E-state index contributed by atoms with van der Waals surface area (Å²) in [4.78, 5) is 0. The molecule has 2 aromatic rings. The molecule has 0 heterocycles. The van der Waals surface area contributed by atoms with Crippen molar-refractivity contribution in [3.63, 3.8) is 0 Å². The maximum absolute atomic E-state index is 6.13. The standard InChI is InChI=1S/C25H14Cl2O/c1-3-4-5-6-7-8-9-10-14-28-24-13-11-12-21(16-24)25-17-22(18-26)20(2)15-23(25)19-27/h1,11-13,15-17H,18-19H2,2H3. The lowest BCUT2D eigenvalue weighted by Gasteiger charge is -2.13. The Morgan fingerprint density at radius 3 is 2.21 bits per heavy atom. The van der Waals surface area contributed by atoms with Crippen molar-refractivity contribution in [2.24, 2.45) is 0 Å². The monoisotopic (exact) mass is 400 g/mol. The fraction of sp³-hybridized carbons (Fsp3) is 0.120. The van der Waals surface area contributed by atoms with E-state index in [1.54, 1.807) is 0 Å². The molecule has 0 fully saturated rings. The van der Waals surface area contributed by atoms with Crippen LogP contribution in [-0.2, 0) is 11.8 Å². The highest BCUT2D eigenvalue weighted by Gasteiger charge is 2.09. The van der Waals surface area contributed by atoms with Gasteiger partial charge in [0.1, 0.15) is 11.9 Å². The van der Waals surface area contributed by atoms with Gasteiger partial charge < -0.3 is 4.74 Å². The minimum Gasteiger partial charge on any atom is -0.407 e. The predicted octanol–water partition coefficient (Wildman–Crippen LogP) is 5.12. The highest BCUT2D eigenvalue weighted by Crippen LogP contribution is 2.31. The molecule has 0 saturated carbocycles. The van der Waals surface area contributed by atoms with Gasteiger partial charge in [-0.2, -0.15) is 0 Å². The van der Waals surface area contributed by atoms with Crippen molar-refractivity contribution < 1.29 is 4.74 Å². The number of aryl methyl sites for hydroxylation is 1. The minimum atomic E-state index is 0.409. The maximum Gasteiger partial charge on any atom is 0.140 e. The van der Waals surface area contributed by atoms with E-state index >= 15 is 0 Å². The summed E-state index contributed by atoms with van der Waals surface area (Å²) < 4.78 is 5.44. The van der Waals surface area contributed by atoms with E-state index in [1.165, 1.54) is 0 Å². The number of alkyl halides is 2. The van der Waals surface area contributed by atoms with Gasteiger partial charge in [-0.25, -0.2) is 0 Å². The van der Waals surface area contributed by atoms with Crippen LogP contribution in [0.2, 0.25) is 0 Å². The van der Waals surface area contributed by atoms with Crippen molar-refractivity contribution in [3.05, 3.63) is 53.1 Å². The zero-order chi connectivity index (χ0) is 20.2. The molecule has 0 saturated heterocycles. The van der Waals surface area contributed by atoms with Crippen LogP contribution >= 0.6 is 23.2 Å². The second-order valence-electron chi connectivity index (χ2n) is 5.45. The van der Waals surface area contributed by atoms with Crippen LogP contribution in [-0.4, -0.2) is 0 Å². The Labute approximate surface area is 176 Å². The van der Waals surface area contributed by atoms with Gasteiger partial charge in [-0.05, 0) is 76.6 Å². The molecule has 0 N–H and O–H groups in total. The van der Waals surface area contributed by atoms with Gasteiger partial charge in [0.25, 0.3) is 0 Å². The van der Waals surface area contributed by atoms with Crippen LogP contribution < -0.4 is 4.74 Å². The van der Waals surface area contributed by atoms with Crippen LogP contribution in [0.15, 0.2) is 36.4 Å². The first-order valence-corrected chi connectivity index (χ1v) is 9.23. The minimum absolute atomic E-state index is 0.409. The Hall–Kier alpha value is -3.38. The summed E-state index contributed by atoms with van der Waals surface area (Å²) in [5, 5.41) is 0. The maximum atomic E-state index is 6.13. The van der Waals surface area contributed by atoms with E-state index in [2.05, 4.69) is 65.6 Å². The van der Waals surface area contributed by atoms with Crippen LogP contribution in [0.1, 0.15) is 16.7 Å². The molecule has 0 amide bonds. The molecule has 28 heavy (non-hydrogen) atoms. The van der Waals surface area contributed by atoms with Gasteiger partial charge in [0.15, 0.2) is 0 Å². The summed E-state index contributed by atoms with van der Waals surface area (Å²) >= 11 is 12.2. The van der Waals surface area contributed by atoms with Crippen LogP contribution in [0.5, 0.6) is 5.75 Å². The normalized spacial score (nSPS) is 8.36. The van der Waals surface area contributed by atoms with Gasteiger partial charge in [-0.15, -0.1) is 29.6 Å². The Kier molecular flexibility index (Phi) is 8.49. The Balaban J connectivity index is 2.20. The first-order chi connectivity index (χ1) is 13.7. The summed E-state index contributed by atoms with van der Waals surface area (Å²) in [6.45, 7) is 2.03. The molecule has 0 aliphatic carbocycles. The number of halogens is 2. The number of benzene rings is 2. The molecule has 134 valence electrons. The number of hydrogen-bond donors (Lipinski definition) is 0.